The second kappa shape index (κ2) is 4.06. The van der Waals surface area contributed by atoms with Crippen LogP contribution < -0.4 is 0 Å². The van der Waals surface area contributed by atoms with Crippen molar-refractivity contribution in [1.29, 1.82) is 0 Å². The van der Waals surface area contributed by atoms with Gasteiger partial charge in [-0.2, -0.15) is 0 Å². The van der Waals surface area contributed by atoms with Gasteiger partial charge in [0.2, 0.25) is 0 Å². The lowest BCUT2D eigenvalue weighted by molar-refractivity contribution is 0.0972. The number of hydrogen-bond donors (Lipinski definition) is 0. The lowest BCUT2D eigenvalue weighted by atomic mass is 9.91. The average Bonchev–Trinajstić information content (AvgIpc) is 2.17. The molecule has 0 radical (unpaired) electrons. The van der Waals surface area contributed by atoms with Crippen LogP contribution in [0.25, 0.3) is 0 Å². The molecule has 1 aliphatic rings. The molecule has 0 N–H and O–H groups in total. The molecule has 1 aromatic carbocycles. The third-order valence-electron chi connectivity index (χ3n) is 2.39. The molecule has 0 bridgehead atoms. The van der Waals surface area contributed by atoms with Crippen molar-refractivity contribution in [3.05, 3.63) is 30.6 Å². The van der Waals surface area contributed by atoms with Crippen molar-refractivity contribution >= 4 is 53.6 Å². The van der Waals surface area contributed by atoms with Crippen LogP contribution in [0.4, 0.5) is 0 Å². The number of Topliss-reactive ketones (excluding diaryl/α,β-unsaturated/α-hetero) is 1. The van der Waals surface area contributed by atoms with Crippen LogP contribution in [-0.2, 0) is 6.42 Å². The highest BCUT2D eigenvalue weighted by molar-refractivity contribution is 9.14. The lowest BCUT2D eigenvalue weighted by Gasteiger charge is -2.17. The Morgan fingerprint density at radius 2 is 1.79 bits per heavy atom. The summed E-state index contributed by atoms with van der Waals surface area (Å²) in [5.41, 5.74) is 1.99. The standard InChI is InChI=1S/C10H7Br3O/c11-7-4-6-5(9(12)10(7)13)2-1-3-8(6)14/h4H,1-3H2. The molecule has 0 fully saturated rings. The first-order chi connectivity index (χ1) is 6.61. The van der Waals surface area contributed by atoms with Gasteiger partial charge in [-0.3, -0.25) is 4.79 Å². The van der Waals surface area contributed by atoms with Crippen molar-refractivity contribution in [3.63, 3.8) is 0 Å². The fourth-order valence-electron chi connectivity index (χ4n) is 1.69. The molecule has 0 heterocycles. The van der Waals surface area contributed by atoms with Crippen molar-refractivity contribution in [2.45, 2.75) is 19.3 Å². The van der Waals surface area contributed by atoms with Gasteiger partial charge in [-0.1, -0.05) is 0 Å². The van der Waals surface area contributed by atoms with Crippen molar-refractivity contribution < 1.29 is 4.79 Å². The lowest BCUT2D eigenvalue weighted by Crippen LogP contribution is -2.11. The van der Waals surface area contributed by atoms with E-state index in [1.54, 1.807) is 0 Å². The first-order valence-electron chi connectivity index (χ1n) is 4.31. The highest BCUT2D eigenvalue weighted by Crippen LogP contribution is 2.38. The van der Waals surface area contributed by atoms with Gasteiger partial charge in [0.25, 0.3) is 0 Å². The minimum Gasteiger partial charge on any atom is -0.294 e. The fraction of sp³-hybridized carbons (Fsp3) is 0.300. The van der Waals surface area contributed by atoms with Crippen LogP contribution in [0.1, 0.15) is 28.8 Å². The summed E-state index contributed by atoms with van der Waals surface area (Å²) in [5.74, 6) is 0.250. The summed E-state index contributed by atoms with van der Waals surface area (Å²) in [6.07, 6.45) is 2.61. The number of rotatable bonds is 0. The van der Waals surface area contributed by atoms with Crippen LogP contribution in [0.3, 0.4) is 0 Å². The summed E-state index contributed by atoms with van der Waals surface area (Å²) in [6, 6.07) is 1.91. The van der Waals surface area contributed by atoms with Gasteiger partial charge < -0.3 is 0 Å². The van der Waals surface area contributed by atoms with E-state index in [1.165, 1.54) is 0 Å². The molecule has 0 aromatic heterocycles. The molecule has 0 atom stereocenters. The minimum atomic E-state index is 0.250. The van der Waals surface area contributed by atoms with Gasteiger partial charge in [-0.25, -0.2) is 0 Å². The number of ketones is 1. The second-order valence-electron chi connectivity index (χ2n) is 3.29. The molecule has 14 heavy (non-hydrogen) atoms. The Labute approximate surface area is 108 Å². The van der Waals surface area contributed by atoms with Gasteiger partial charge in [0.05, 0.1) is 0 Å². The molecule has 74 valence electrons. The molecule has 0 aliphatic heterocycles. The van der Waals surface area contributed by atoms with Crippen molar-refractivity contribution in [1.82, 2.24) is 0 Å². The molecule has 1 aliphatic carbocycles. The van der Waals surface area contributed by atoms with Crippen molar-refractivity contribution in [2.24, 2.45) is 0 Å². The summed E-state index contributed by atoms with van der Waals surface area (Å²) in [6.45, 7) is 0. The van der Waals surface area contributed by atoms with Gasteiger partial charge in [0.15, 0.2) is 5.78 Å². The molecular weight excluding hydrogens is 376 g/mol. The van der Waals surface area contributed by atoms with Crippen LogP contribution in [0.15, 0.2) is 19.5 Å². The van der Waals surface area contributed by atoms with E-state index in [0.29, 0.717) is 6.42 Å². The molecule has 0 unspecified atom stereocenters. The summed E-state index contributed by atoms with van der Waals surface area (Å²) in [4.78, 5) is 11.6. The largest absolute Gasteiger partial charge is 0.294 e. The van der Waals surface area contributed by atoms with E-state index < -0.39 is 0 Å². The van der Waals surface area contributed by atoms with Gasteiger partial charge in [-0.15, -0.1) is 0 Å². The van der Waals surface area contributed by atoms with E-state index >= 15 is 0 Å². The second-order valence-corrected chi connectivity index (χ2v) is 5.73. The van der Waals surface area contributed by atoms with Crippen molar-refractivity contribution in [2.75, 3.05) is 0 Å². The Hall–Kier alpha value is 0.330. The van der Waals surface area contributed by atoms with Gasteiger partial charge in [0, 0.05) is 25.4 Å². The Bertz CT molecular complexity index is 412. The topological polar surface area (TPSA) is 17.1 Å². The number of hydrogen-bond acceptors (Lipinski definition) is 1. The van der Waals surface area contributed by atoms with Crippen LogP contribution in [0.5, 0.6) is 0 Å². The number of fused-ring (bicyclic) bond motifs is 1. The van der Waals surface area contributed by atoms with Crippen molar-refractivity contribution in [3.8, 4) is 0 Å². The van der Waals surface area contributed by atoms with Crippen LogP contribution >= 0.6 is 47.8 Å². The molecule has 0 amide bonds. The van der Waals surface area contributed by atoms with Crippen LogP contribution in [0, 0.1) is 0 Å². The maximum atomic E-state index is 11.6. The third-order valence-corrected chi connectivity index (χ3v) is 5.78. The minimum absolute atomic E-state index is 0.250. The maximum Gasteiger partial charge on any atom is 0.163 e. The monoisotopic (exact) mass is 380 g/mol. The number of halogens is 3. The molecule has 4 heteroatoms. The normalized spacial score (nSPS) is 15.5. The molecule has 0 spiro atoms. The Kier molecular flexibility index (Phi) is 3.15. The van der Waals surface area contributed by atoms with Gasteiger partial charge >= 0.3 is 0 Å². The van der Waals surface area contributed by atoms with E-state index in [4.69, 9.17) is 0 Å². The van der Waals surface area contributed by atoms with E-state index in [0.717, 1.165) is 37.4 Å². The fourth-order valence-corrected chi connectivity index (χ4v) is 3.36. The molecule has 1 nitrogen and oxygen atoms in total. The van der Waals surface area contributed by atoms with E-state index in [-0.39, 0.29) is 5.78 Å². The van der Waals surface area contributed by atoms with E-state index in [9.17, 15) is 4.79 Å². The molecule has 1 aromatic rings. The third kappa shape index (κ3) is 1.72. The highest BCUT2D eigenvalue weighted by atomic mass is 79.9. The molecular formula is C10H7Br3O. The van der Waals surface area contributed by atoms with Gasteiger partial charge in [0.1, 0.15) is 0 Å². The highest BCUT2D eigenvalue weighted by Gasteiger charge is 2.21. The first kappa shape index (κ1) is 10.8. The summed E-state index contributed by atoms with van der Waals surface area (Å²) in [7, 11) is 0. The number of carbonyl (C=O) groups excluding carboxylic acids is 1. The van der Waals surface area contributed by atoms with Crippen LogP contribution in [0.2, 0.25) is 0 Å². The smallest absolute Gasteiger partial charge is 0.163 e. The van der Waals surface area contributed by atoms with E-state index in [1.807, 2.05) is 6.07 Å². The predicted molar refractivity (Wildman–Crippen MR) is 66.8 cm³/mol. The number of carbonyl (C=O) groups is 1. The Morgan fingerprint density at radius 3 is 2.50 bits per heavy atom. The Morgan fingerprint density at radius 1 is 1.07 bits per heavy atom. The van der Waals surface area contributed by atoms with E-state index in [2.05, 4.69) is 47.8 Å². The zero-order valence-electron chi connectivity index (χ0n) is 7.24. The summed E-state index contributed by atoms with van der Waals surface area (Å²) >= 11 is 10.4. The predicted octanol–water partition coefficient (Wildman–Crippen LogP) is 4.49. The maximum absolute atomic E-state index is 11.6. The zero-order chi connectivity index (χ0) is 10.3. The molecule has 0 saturated heterocycles. The molecule has 0 saturated carbocycles. The first-order valence-corrected chi connectivity index (χ1v) is 6.68. The zero-order valence-corrected chi connectivity index (χ0v) is 12.0. The van der Waals surface area contributed by atoms with Crippen LogP contribution in [-0.4, -0.2) is 5.78 Å². The summed E-state index contributed by atoms with van der Waals surface area (Å²) in [5, 5.41) is 0. The SMILES string of the molecule is O=C1CCCc2c1cc(Br)c(Br)c2Br. The quantitative estimate of drug-likeness (QED) is 0.604. The number of benzene rings is 1. The average molecular weight is 383 g/mol. The Balaban J connectivity index is 2.69. The summed E-state index contributed by atoms with van der Waals surface area (Å²) < 4.78 is 2.93. The molecule has 2 rings (SSSR count). The van der Waals surface area contributed by atoms with Gasteiger partial charge in [-0.05, 0) is 72.3 Å².